The number of nitrogens with zero attached hydrogens (tertiary/aromatic N) is 2. The van der Waals surface area contributed by atoms with Gasteiger partial charge in [-0.3, -0.25) is 0 Å². The van der Waals surface area contributed by atoms with Crippen molar-refractivity contribution in [2.45, 2.75) is 19.9 Å². The Morgan fingerprint density at radius 2 is 2.33 bits per heavy atom. The van der Waals surface area contributed by atoms with Crippen LogP contribution in [-0.2, 0) is 13.0 Å². The zero-order chi connectivity index (χ0) is 8.55. The molecule has 64 valence electrons. The highest BCUT2D eigenvalue weighted by molar-refractivity contribution is 5.33. The second-order valence-electron chi connectivity index (χ2n) is 2.81. The minimum Gasteiger partial charge on any atom is -0.477 e. The molecule has 0 saturated heterocycles. The standard InChI is InChI=1S/C8H11N3O/c1-5-6-2-3-12-8(6)11-7(4-9)10-5/h2-4,9H2,1H3. The van der Waals surface area contributed by atoms with E-state index in [0.717, 1.165) is 30.2 Å². The summed E-state index contributed by atoms with van der Waals surface area (Å²) in [4.78, 5) is 8.42. The molecular weight excluding hydrogens is 154 g/mol. The Morgan fingerprint density at radius 3 is 3.08 bits per heavy atom. The number of aromatic nitrogens is 2. The van der Waals surface area contributed by atoms with E-state index in [1.165, 1.54) is 0 Å². The SMILES string of the molecule is Cc1nc(CN)nc2c1CCO2. The second kappa shape index (κ2) is 2.71. The molecule has 2 N–H and O–H groups in total. The van der Waals surface area contributed by atoms with Crippen molar-refractivity contribution in [1.82, 2.24) is 9.97 Å². The monoisotopic (exact) mass is 165 g/mol. The van der Waals surface area contributed by atoms with E-state index in [2.05, 4.69) is 9.97 Å². The first kappa shape index (κ1) is 7.49. The minimum absolute atomic E-state index is 0.372. The van der Waals surface area contributed by atoms with Gasteiger partial charge in [-0.1, -0.05) is 0 Å². The molecule has 1 aliphatic rings. The van der Waals surface area contributed by atoms with Gasteiger partial charge in [0.15, 0.2) is 0 Å². The summed E-state index contributed by atoms with van der Waals surface area (Å²) in [6.45, 7) is 3.06. The van der Waals surface area contributed by atoms with Crippen LogP contribution < -0.4 is 10.5 Å². The third kappa shape index (κ3) is 1.04. The quantitative estimate of drug-likeness (QED) is 0.644. The van der Waals surface area contributed by atoms with Gasteiger partial charge in [-0.15, -0.1) is 0 Å². The van der Waals surface area contributed by atoms with E-state index in [0.29, 0.717) is 12.4 Å². The van der Waals surface area contributed by atoms with Gasteiger partial charge in [0.05, 0.1) is 13.2 Å². The maximum atomic E-state index is 5.43. The Hall–Kier alpha value is -1.16. The maximum absolute atomic E-state index is 5.43. The zero-order valence-corrected chi connectivity index (χ0v) is 7.00. The second-order valence-corrected chi connectivity index (χ2v) is 2.81. The lowest BCUT2D eigenvalue weighted by atomic mass is 10.2. The summed E-state index contributed by atoms with van der Waals surface area (Å²) in [5.74, 6) is 1.39. The summed E-state index contributed by atoms with van der Waals surface area (Å²) in [6, 6.07) is 0. The van der Waals surface area contributed by atoms with Crippen molar-refractivity contribution in [2.24, 2.45) is 5.73 Å². The Balaban J connectivity index is 2.51. The molecule has 0 atom stereocenters. The van der Waals surface area contributed by atoms with Gasteiger partial charge in [0.2, 0.25) is 5.88 Å². The van der Waals surface area contributed by atoms with E-state index in [-0.39, 0.29) is 0 Å². The van der Waals surface area contributed by atoms with Crippen LogP contribution in [0.1, 0.15) is 17.1 Å². The average Bonchev–Trinajstić information content (AvgIpc) is 2.52. The van der Waals surface area contributed by atoms with Crippen molar-refractivity contribution in [3.8, 4) is 5.88 Å². The number of rotatable bonds is 1. The highest BCUT2D eigenvalue weighted by Crippen LogP contribution is 2.24. The van der Waals surface area contributed by atoms with Gasteiger partial charge in [0, 0.05) is 17.7 Å². The predicted molar refractivity (Wildman–Crippen MR) is 43.9 cm³/mol. The lowest BCUT2D eigenvalue weighted by Gasteiger charge is -2.02. The van der Waals surface area contributed by atoms with E-state index in [4.69, 9.17) is 10.5 Å². The largest absolute Gasteiger partial charge is 0.477 e. The average molecular weight is 165 g/mol. The first-order valence-corrected chi connectivity index (χ1v) is 4.00. The zero-order valence-electron chi connectivity index (χ0n) is 7.00. The highest BCUT2D eigenvalue weighted by Gasteiger charge is 2.17. The third-order valence-corrected chi connectivity index (χ3v) is 2.00. The fourth-order valence-electron chi connectivity index (χ4n) is 1.37. The summed E-state index contributed by atoms with van der Waals surface area (Å²) < 4.78 is 5.32. The fourth-order valence-corrected chi connectivity index (χ4v) is 1.37. The number of hydrogen-bond donors (Lipinski definition) is 1. The lowest BCUT2D eigenvalue weighted by Crippen LogP contribution is -2.05. The molecule has 1 aliphatic heterocycles. The normalized spacial score (nSPS) is 14.2. The molecule has 1 aromatic heterocycles. The van der Waals surface area contributed by atoms with Gasteiger partial charge in [-0.2, -0.15) is 4.98 Å². The molecule has 4 heteroatoms. The van der Waals surface area contributed by atoms with E-state index in [9.17, 15) is 0 Å². The van der Waals surface area contributed by atoms with Gasteiger partial charge in [0.25, 0.3) is 0 Å². The summed E-state index contributed by atoms with van der Waals surface area (Å²) in [7, 11) is 0. The number of aryl methyl sites for hydroxylation is 1. The molecule has 0 aliphatic carbocycles. The van der Waals surface area contributed by atoms with Crippen molar-refractivity contribution in [3.05, 3.63) is 17.1 Å². The fraction of sp³-hybridized carbons (Fsp3) is 0.500. The molecule has 0 bridgehead atoms. The van der Waals surface area contributed by atoms with Gasteiger partial charge in [-0.25, -0.2) is 4.98 Å². The van der Waals surface area contributed by atoms with E-state index < -0.39 is 0 Å². The Kier molecular flexibility index (Phi) is 1.69. The molecule has 0 radical (unpaired) electrons. The molecular formula is C8H11N3O. The Bertz CT molecular complexity index is 311. The van der Waals surface area contributed by atoms with Crippen LogP contribution in [0.25, 0.3) is 0 Å². The van der Waals surface area contributed by atoms with Gasteiger partial charge in [0.1, 0.15) is 5.82 Å². The van der Waals surface area contributed by atoms with Crippen molar-refractivity contribution < 1.29 is 4.74 Å². The number of ether oxygens (including phenoxy) is 1. The lowest BCUT2D eigenvalue weighted by molar-refractivity contribution is 0.343. The van der Waals surface area contributed by atoms with Crippen molar-refractivity contribution in [1.29, 1.82) is 0 Å². The van der Waals surface area contributed by atoms with Gasteiger partial charge >= 0.3 is 0 Å². The molecule has 0 fully saturated rings. The van der Waals surface area contributed by atoms with Crippen molar-refractivity contribution in [2.75, 3.05) is 6.61 Å². The molecule has 0 amide bonds. The molecule has 4 nitrogen and oxygen atoms in total. The third-order valence-electron chi connectivity index (χ3n) is 2.00. The van der Waals surface area contributed by atoms with Gasteiger partial charge < -0.3 is 10.5 Å². The summed E-state index contributed by atoms with van der Waals surface area (Å²) >= 11 is 0. The minimum atomic E-state index is 0.372. The van der Waals surface area contributed by atoms with Crippen LogP contribution in [0, 0.1) is 6.92 Å². The van der Waals surface area contributed by atoms with Crippen LogP contribution in [0.2, 0.25) is 0 Å². The van der Waals surface area contributed by atoms with E-state index >= 15 is 0 Å². The van der Waals surface area contributed by atoms with Crippen LogP contribution in [0.5, 0.6) is 5.88 Å². The highest BCUT2D eigenvalue weighted by atomic mass is 16.5. The summed E-state index contributed by atoms with van der Waals surface area (Å²) in [5.41, 5.74) is 7.56. The van der Waals surface area contributed by atoms with Crippen LogP contribution in [0.3, 0.4) is 0 Å². The van der Waals surface area contributed by atoms with Crippen LogP contribution in [0.15, 0.2) is 0 Å². The molecule has 0 spiro atoms. The number of fused-ring (bicyclic) bond motifs is 1. The molecule has 2 heterocycles. The molecule has 0 unspecified atom stereocenters. The summed E-state index contributed by atoms with van der Waals surface area (Å²) in [5, 5.41) is 0. The molecule has 0 aromatic carbocycles. The first-order valence-electron chi connectivity index (χ1n) is 4.00. The molecule has 2 rings (SSSR count). The molecule has 0 saturated carbocycles. The predicted octanol–water partition coefficient (Wildman–Crippen LogP) is 0.179. The maximum Gasteiger partial charge on any atom is 0.220 e. The molecule has 12 heavy (non-hydrogen) atoms. The van der Waals surface area contributed by atoms with Crippen molar-refractivity contribution >= 4 is 0 Å². The topological polar surface area (TPSA) is 61.0 Å². The molecule has 1 aromatic rings. The van der Waals surface area contributed by atoms with E-state index in [1.54, 1.807) is 0 Å². The summed E-state index contributed by atoms with van der Waals surface area (Å²) in [6.07, 6.45) is 0.923. The first-order chi connectivity index (χ1) is 5.81. The van der Waals surface area contributed by atoms with Crippen LogP contribution in [-0.4, -0.2) is 16.6 Å². The Labute approximate surface area is 70.8 Å². The van der Waals surface area contributed by atoms with Crippen LogP contribution in [0.4, 0.5) is 0 Å². The van der Waals surface area contributed by atoms with Crippen molar-refractivity contribution in [3.63, 3.8) is 0 Å². The number of nitrogens with two attached hydrogens (primary N) is 1. The Morgan fingerprint density at radius 1 is 1.50 bits per heavy atom. The van der Waals surface area contributed by atoms with Gasteiger partial charge in [-0.05, 0) is 6.92 Å². The number of hydrogen-bond acceptors (Lipinski definition) is 4. The van der Waals surface area contributed by atoms with E-state index in [1.807, 2.05) is 6.92 Å². The van der Waals surface area contributed by atoms with Crippen LogP contribution >= 0.6 is 0 Å². The smallest absolute Gasteiger partial charge is 0.220 e.